The van der Waals surface area contributed by atoms with Crippen molar-refractivity contribution in [3.05, 3.63) is 17.7 Å². The quantitative estimate of drug-likeness (QED) is 0.737. The van der Waals surface area contributed by atoms with E-state index in [0.29, 0.717) is 24.7 Å². The third-order valence-electron chi connectivity index (χ3n) is 4.78. The highest BCUT2D eigenvalue weighted by Gasteiger charge is 2.43. The molecule has 0 bridgehead atoms. The number of aryl methyl sites for hydroxylation is 1. The van der Waals surface area contributed by atoms with Gasteiger partial charge in [0.05, 0.1) is 24.3 Å². The second-order valence-corrected chi connectivity index (χ2v) is 10.5. The van der Waals surface area contributed by atoms with Crippen molar-refractivity contribution in [2.75, 3.05) is 13.2 Å². The molecule has 0 atom stereocenters. The van der Waals surface area contributed by atoms with Crippen molar-refractivity contribution in [3.63, 3.8) is 0 Å². The van der Waals surface area contributed by atoms with E-state index in [0.717, 1.165) is 18.4 Å². The summed E-state index contributed by atoms with van der Waals surface area (Å²) in [6.07, 6.45) is 1.54. The Kier molecular flexibility index (Phi) is 6.49. The van der Waals surface area contributed by atoms with E-state index < -0.39 is 10.0 Å². The first-order valence-electron chi connectivity index (χ1n) is 9.69. The van der Waals surface area contributed by atoms with Crippen LogP contribution < -0.4 is 19.5 Å². The van der Waals surface area contributed by atoms with E-state index in [1.165, 1.54) is 0 Å². The Morgan fingerprint density at radius 2 is 1.56 bits per heavy atom. The highest BCUT2D eigenvalue weighted by molar-refractivity contribution is 7.89. The predicted octanol–water partition coefficient (Wildman–Crippen LogP) is 2.35. The first kappa shape index (κ1) is 22.0. The van der Waals surface area contributed by atoms with Gasteiger partial charge in [0.25, 0.3) is 0 Å². The van der Waals surface area contributed by atoms with E-state index in [2.05, 4.69) is 37.7 Å². The van der Waals surface area contributed by atoms with Crippen LogP contribution in [-0.4, -0.2) is 38.8 Å². The molecule has 0 aliphatic carbocycles. The molecule has 1 heterocycles. The van der Waals surface area contributed by atoms with Crippen molar-refractivity contribution >= 4 is 10.0 Å². The first-order valence-corrected chi connectivity index (χ1v) is 11.2. The predicted molar refractivity (Wildman–Crippen MR) is 107 cm³/mol. The number of ether oxygens (including phenoxy) is 2. The maximum absolute atomic E-state index is 13.2. The molecular formula is C20H35N2O4S+. The van der Waals surface area contributed by atoms with Crippen molar-refractivity contribution in [1.82, 2.24) is 4.72 Å². The Morgan fingerprint density at radius 3 is 2.07 bits per heavy atom. The Labute approximate surface area is 164 Å². The SMILES string of the molecule is CCOc1cc(S(=O)(=O)NC2CC(C)(C)[NH2+]C(C)(C)C2)c(OCC)cc1C. The number of hydrogen-bond acceptors (Lipinski definition) is 4. The normalized spacial score (nSPS) is 19.7. The smallest absolute Gasteiger partial charge is 0.244 e. The van der Waals surface area contributed by atoms with E-state index in [1.807, 2.05) is 20.8 Å². The van der Waals surface area contributed by atoms with Crippen LogP contribution in [0.4, 0.5) is 0 Å². The summed E-state index contributed by atoms with van der Waals surface area (Å²) in [6.45, 7) is 15.1. The summed E-state index contributed by atoms with van der Waals surface area (Å²) in [5.41, 5.74) is 0.803. The summed E-state index contributed by atoms with van der Waals surface area (Å²) in [5.74, 6) is 0.936. The maximum atomic E-state index is 13.2. The fraction of sp³-hybridized carbons (Fsp3) is 0.700. The molecule has 1 aromatic carbocycles. The van der Waals surface area contributed by atoms with Crippen LogP contribution in [-0.2, 0) is 10.0 Å². The Morgan fingerprint density at radius 1 is 1.04 bits per heavy atom. The van der Waals surface area contributed by atoms with Crippen LogP contribution in [0.3, 0.4) is 0 Å². The van der Waals surface area contributed by atoms with E-state index in [1.54, 1.807) is 12.1 Å². The average molecular weight is 400 g/mol. The van der Waals surface area contributed by atoms with Crippen molar-refractivity contribution in [1.29, 1.82) is 0 Å². The fourth-order valence-corrected chi connectivity index (χ4v) is 5.69. The number of piperidine rings is 1. The molecule has 1 fully saturated rings. The molecule has 0 saturated carbocycles. The van der Waals surface area contributed by atoms with Gasteiger partial charge in [0.1, 0.15) is 16.4 Å². The van der Waals surface area contributed by atoms with Crippen molar-refractivity contribution < 1.29 is 23.2 Å². The van der Waals surface area contributed by atoms with E-state index in [4.69, 9.17) is 9.47 Å². The number of hydrogen-bond donors (Lipinski definition) is 2. The molecule has 1 aromatic rings. The minimum Gasteiger partial charge on any atom is -0.494 e. The molecule has 0 aromatic heterocycles. The number of sulfonamides is 1. The summed E-state index contributed by atoms with van der Waals surface area (Å²) in [7, 11) is -3.74. The molecule has 0 radical (unpaired) electrons. The van der Waals surface area contributed by atoms with Crippen LogP contribution in [0.5, 0.6) is 11.5 Å². The average Bonchev–Trinajstić information content (AvgIpc) is 2.46. The highest BCUT2D eigenvalue weighted by atomic mass is 32.2. The number of rotatable bonds is 7. The van der Waals surface area contributed by atoms with Gasteiger partial charge in [0.2, 0.25) is 10.0 Å². The minimum absolute atomic E-state index is 0.0263. The zero-order chi connectivity index (χ0) is 20.5. The molecule has 154 valence electrons. The van der Waals surface area contributed by atoms with Crippen molar-refractivity contribution in [2.24, 2.45) is 0 Å². The summed E-state index contributed by atoms with van der Waals surface area (Å²) < 4.78 is 40.6. The third kappa shape index (κ3) is 5.59. The zero-order valence-corrected chi connectivity index (χ0v) is 18.5. The van der Waals surface area contributed by atoms with Crippen molar-refractivity contribution in [2.45, 2.75) is 83.3 Å². The lowest BCUT2D eigenvalue weighted by Gasteiger charge is -2.43. The molecule has 0 unspecified atom stereocenters. The van der Waals surface area contributed by atoms with Crippen LogP contribution in [0.15, 0.2) is 17.0 Å². The monoisotopic (exact) mass is 399 g/mol. The summed E-state index contributed by atoms with van der Waals surface area (Å²) in [6, 6.07) is 3.19. The molecular weight excluding hydrogens is 364 g/mol. The Hall–Kier alpha value is -1.31. The molecule has 6 nitrogen and oxygen atoms in total. The molecule has 1 aliphatic rings. The maximum Gasteiger partial charge on any atom is 0.244 e. The molecule has 0 amide bonds. The van der Waals surface area contributed by atoms with Gasteiger partial charge < -0.3 is 14.8 Å². The molecule has 2 rings (SSSR count). The first-order chi connectivity index (χ1) is 12.4. The molecule has 1 saturated heterocycles. The van der Waals surface area contributed by atoms with Gasteiger partial charge in [-0.2, -0.15) is 0 Å². The Bertz CT molecular complexity index is 756. The lowest BCUT2D eigenvalue weighted by molar-refractivity contribution is -0.787. The van der Waals surface area contributed by atoms with Crippen molar-refractivity contribution in [3.8, 4) is 11.5 Å². The van der Waals surface area contributed by atoms with E-state index in [9.17, 15) is 8.42 Å². The van der Waals surface area contributed by atoms with Gasteiger partial charge in [-0.1, -0.05) is 0 Å². The van der Waals surface area contributed by atoms with Crippen LogP contribution in [0.2, 0.25) is 0 Å². The van der Waals surface area contributed by atoms with Gasteiger partial charge >= 0.3 is 0 Å². The lowest BCUT2D eigenvalue weighted by Crippen LogP contribution is -3.06. The number of quaternary nitrogens is 1. The molecule has 7 heteroatoms. The summed E-state index contributed by atoms with van der Waals surface area (Å²) in [4.78, 5) is 0.142. The zero-order valence-electron chi connectivity index (χ0n) is 17.7. The molecule has 0 spiro atoms. The molecule has 3 N–H and O–H groups in total. The standard InChI is InChI=1S/C20H34N2O4S/c1-8-25-16-11-18(17(26-9-2)10-14(16)3)27(23,24)21-15-12-19(4,5)22-20(6,7)13-15/h10-11,15,21-22H,8-9,12-13H2,1-7H3/p+1. The van der Waals surface area contributed by atoms with Gasteiger partial charge in [0.15, 0.2) is 0 Å². The molecule has 1 aliphatic heterocycles. The van der Waals surface area contributed by atoms with Crippen LogP contribution >= 0.6 is 0 Å². The highest BCUT2D eigenvalue weighted by Crippen LogP contribution is 2.33. The molecule has 27 heavy (non-hydrogen) atoms. The van der Waals surface area contributed by atoms with Crippen LogP contribution in [0, 0.1) is 6.92 Å². The second kappa shape index (κ2) is 7.97. The van der Waals surface area contributed by atoms with Crippen LogP contribution in [0.25, 0.3) is 0 Å². The number of benzene rings is 1. The number of nitrogens with one attached hydrogen (secondary N) is 1. The fourth-order valence-electron chi connectivity index (χ4n) is 4.32. The van der Waals surface area contributed by atoms with Gasteiger partial charge in [-0.25, -0.2) is 13.1 Å². The van der Waals surface area contributed by atoms with Gasteiger partial charge in [0, 0.05) is 24.9 Å². The summed E-state index contributed by atoms with van der Waals surface area (Å²) in [5, 5.41) is 2.33. The largest absolute Gasteiger partial charge is 0.494 e. The van der Waals surface area contributed by atoms with Gasteiger partial charge in [-0.15, -0.1) is 0 Å². The van der Waals surface area contributed by atoms with Crippen LogP contribution in [0.1, 0.15) is 59.9 Å². The van der Waals surface area contributed by atoms with E-state index >= 15 is 0 Å². The summed E-state index contributed by atoms with van der Waals surface area (Å²) >= 11 is 0. The van der Waals surface area contributed by atoms with Gasteiger partial charge in [-0.3, -0.25) is 0 Å². The third-order valence-corrected chi connectivity index (χ3v) is 6.32. The second-order valence-electron chi connectivity index (χ2n) is 8.78. The minimum atomic E-state index is -3.74. The van der Waals surface area contributed by atoms with Gasteiger partial charge in [-0.05, 0) is 60.1 Å². The topological polar surface area (TPSA) is 81.2 Å². The number of nitrogens with two attached hydrogens (primary N) is 1. The lowest BCUT2D eigenvalue weighted by atomic mass is 9.80. The van der Waals surface area contributed by atoms with E-state index in [-0.39, 0.29) is 22.0 Å². The Balaban J connectivity index is 2.38.